The maximum atomic E-state index is 12.4. The van der Waals surface area contributed by atoms with Crippen molar-refractivity contribution in [3.05, 3.63) is 29.6 Å². The SMILES string of the molecule is CCCCCCCC1(C#N)CCC(OC(=O)c2ccc(CCCC)cn2)CC1. The molecule has 0 spiro atoms. The molecule has 4 heteroatoms. The van der Waals surface area contributed by atoms with Gasteiger partial charge in [0.25, 0.3) is 0 Å². The van der Waals surface area contributed by atoms with Gasteiger partial charge in [-0.15, -0.1) is 0 Å². The number of hydrogen-bond acceptors (Lipinski definition) is 4. The normalized spacial score (nSPS) is 21.8. The zero-order valence-corrected chi connectivity index (χ0v) is 17.7. The number of carbonyl (C=O) groups excluding carboxylic acids is 1. The zero-order valence-electron chi connectivity index (χ0n) is 17.7. The number of aryl methyl sites for hydroxylation is 1. The molecule has 0 aromatic carbocycles. The van der Waals surface area contributed by atoms with Crippen molar-refractivity contribution in [2.75, 3.05) is 0 Å². The first-order chi connectivity index (χ1) is 13.6. The molecule has 1 fully saturated rings. The summed E-state index contributed by atoms with van der Waals surface area (Å²) in [5, 5.41) is 9.71. The highest BCUT2D eigenvalue weighted by molar-refractivity contribution is 5.87. The third-order valence-corrected chi connectivity index (χ3v) is 6.01. The number of aromatic nitrogens is 1. The van der Waals surface area contributed by atoms with Gasteiger partial charge in [0.1, 0.15) is 11.8 Å². The zero-order chi connectivity index (χ0) is 20.2. The van der Waals surface area contributed by atoms with E-state index < -0.39 is 0 Å². The van der Waals surface area contributed by atoms with Crippen LogP contribution in [0.5, 0.6) is 0 Å². The monoisotopic (exact) mass is 384 g/mol. The number of ether oxygens (including phenoxy) is 1. The van der Waals surface area contributed by atoms with Crippen molar-refractivity contribution in [2.45, 2.75) is 103 Å². The molecule has 0 unspecified atom stereocenters. The van der Waals surface area contributed by atoms with Crippen LogP contribution in [0.3, 0.4) is 0 Å². The summed E-state index contributed by atoms with van der Waals surface area (Å²) in [4.78, 5) is 16.7. The molecular weight excluding hydrogens is 348 g/mol. The second-order valence-electron chi connectivity index (χ2n) is 8.32. The van der Waals surface area contributed by atoms with Crippen molar-refractivity contribution < 1.29 is 9.53 Å². The Morgan fingerprint density at radius 2 is 1.86 bits per heavy atom. The van der Waals surface area contributed by atoms with Crippen molar-refractivity contribution in [3.63, 3.8) is 0 Å². The maximum Gasteiger partial charge on any atom is 0.357 e. The van der Waals surface area contributed by atoms with E-state index in [1.54, 1.807) is 12.3 Å². The Labute approximate surface area is 170 Å². The third kappa shape index (κ3) is 6.93. The quantitative estimate of drug-likeness (QED) is 0.327. The molecule has 0 bridgehead atoms. The molecule has 1 aliphatic carbocycles. The van der Waals surface area contributed by atoms with Gasteiger partial charge in [-0.25, -0.2) is 9.78 Å². The lowest BCUT2D eigenvalue weighted by Crippen LogP contribution is -2.31. The standard InChI is InChI=1S/C24H36N2O2/c1-3-5-7-8-9-15-24(19-25)16-13-21(14-17-24)28-23(27)22-12-11-20(18-26-22)10-6-4-2/h11-12,18,21H,3-10,13-17H2,1-2H3. The van der Waals surface area contributed by atoms with Crippen LogP contribution in [0.15, 0.2) is 18.3 Å². The van der Waals surface area contributed by atoms with Crippen molar-refractivity contribution in [1.29, 1.82) is 5.26 Å². The van der Waals surface area contributed by atoms with Crippen LogP contribution in [0.25, 0.3) is 0 Å². The first-order valence-electron chi connectivity index (χ1n) is 11.2. The molecule has 28 heavy (non-hydrogen) atoms. The Hall–Kier alpha value is -1.89. The first kappa shape index (κ1) is 22.4. The van der Waals surface area contributed by atoms with Crippen molar-refractivity contribution in [2.24, 2.45) is 5.41 Å². The summed E-state index contributed by atoms with van der Waals surface area (Å²) in [5.41, 5.74) is 1.33. The van der Waals surface area contributed by atoms with Crippen LogP contribution in [0.2, 0.25) is 0 Å². The smallest absolute Gasteiger partial charge is 0.357 e. The van der Waals surface area contributed by atoms with Gasteiger partial charge in [0.05, 0.1) is 11.5 Å². The average Bonchev–Trinajstić information content (AvgIpc) is 2.74. The highest BCUT2D eigenvalue weighted by Crippen LogP contribution is 2.41. The fraction of sp³-hybridized carbons (Fsp3) is 0.708. The number of unbranched alkanes of at least 4 members (excludes halogenated alkanes) is 5. The molecule has 0 atom stereocenters. The van der Waals surface area contributed by atoms with Crippen molar-refractivity contribution >= 4 is 5.97 Å². The Bertz CT molecular complexity index is 625. The summed E-state index contributed by atoms with van der Waals surface area (Å²) in [6.45, 7) is 4.38. The molecule has 0 amide bonds. The molecule has 4 nitrogen and oxygen atoms in total. The van der Waals surface area contributed by atoms with Crippen molar-refractivity contribution in [1.82, 2.24) is 4.98 Å². The van der Waals surface area contributed by atoms with Gasteiger partial charge >= 0.3 is 5.97 Å². The first-order valence-corrected chi connectivity index (χ1v) is 11.2. The molecule has 1 aromatic rings. The molecule has 154 valence electrons. The Kier molecular flexibility index (Phi) is 9.47. The van der Waals surface area contributed by atoms with Crippen LogP contribution in [0, 0.1) is 16.7 Å². The van der Waals surface area contributed by atoms with Crippen LogP contribution in [0.4, 0.5) is 0 Å². The molecule has 0 N–H and O–H groups in total. The minimum atomic E-state index is -0.337. The lowest BCUT2D eigenvalue weighted by molar-refractivity contribution is 0.00986. The van der Waals surface area contributed by atoms with Gasteiger partial charge in [-0.1, -0.05) is 58.4 Å². The van der Waals surface area contributed by atoms with E-state index in [4.69, 9.17) is 4.74 Å². The lowest BCUT2D eigenvalue weighted by atomic mass is 9.71. The number of rotatable bonds is 11. The molecule has 2 rings (SSSR count). The predicted octanol–water partition coefficient (Wildman–Crippen LogP) is 6.39. The largest absolute Gasteiger partial charge is 0.458 e. The number of hydrogen-bond donors (Lipinski definition) is 0. The summed E-state index contributed by atoms with van der Waals surface area (Å²) < 4.78 is 5.68. The van der Waals surface area contributed by atoms with Gasteiger partial charge in [0.2, 0.25) is 0 Å². The van der Waals surface area contributed by atoms with E-state index in [1.165, 1.54) is 25.7 Å². The molecule has 1 heterocycles. The van der Waals surface area contributed by atoms with Gasteiger partial charge in [-0.2, -0.15) is 5.26 Å². The van der Waals surface area contributed by atoms with Crippen LogP contribution in [-0.4, -0.2) is 17.1 Å². The lowest BCUT2D eigenvalue weighted by Gasteiger charge is -2.34. The fourth-order valence-electron chi connectivity index (χ4n) is 4.03. The number of nitriles is 1. The van der Waals surface area contributed by atoms with E-state index in [0.717, 1.165) is 63.4 Å². The number of nitrogens with zero attached hydrogens (tertiary/aromatic N) is 2. The van der Waals surface area contributed by atoms with Crippen LogP contribution in [0.1, 0.15) is 107 Å². The molecular formula is C24H36N2O2. The van der Waals surface area contributed by atoms with E-state index in [2.05, 4.69) is 24.9 Å². The van der Waals surface area contributed by atoms with E-state index in [0.29, 0.717) is 5.69 Å². The number of esters is 1. The molecule has 0 aliphatic heterocycles. The summed E-state index contributed by atoms with van der Waals surface area (Å²) in [7, 11) is 0. The molecule has 0 saturated heterocycles. The van der Waals surface area contributed by atoms with E-state index in [9.17, 15) is 10.1 Å². The number of pyridine rings is 1. The second-order valence-corrected chi connectivity index (χ2v) is 8.32. The van der Waals surface area contributed by atoms with Gasteiger partial charge in [-0.3, -0.25) is 0 Å². The molecule has 1 aliphatic rings. The second kappa shape index (κ2) is 11.8. The van der Waals surface area contributed by atoms with Crippen molar-refractivity contribution in [3.8, 4) is 6.07 Å². The van der Waals surface area contributed by atoms with E-state index in [-0.39, 0.29) is 17.5 Å². The van der Waals surface area contributed by atoms with Gasteiger partial charge in [0, 0.05) is 6.20 Å². The summed E-state index contributed by atoms with van der Waals surface area (Å²) in [5.74, 6) is -0.337. The fourth-order valence-corrected chi connectivity index (χ4v) is 4.03. The molecule has 1 aromatic heterocycles. The Morgan fingerprint density at radius 3 is 2.46 bits per heavy atom. The third-order valence-electron chi connectivity index (χ3n) is 6.01. The average molecular weight is 385 g/mol. The highest BCUT2D eigenvalue weighted by atomic mass is 16.5. The van der Waals surface area contributed by atoms with E-state index in [1.807, 2.05) is 6.07 Å². The highest BCUT2D eigenvalue weighted by Gasteiger charge is 2.36. The van der Waals surface area contributed by atoms with Gasteiger partial charge < -0.3 is 4.74 Å². The Morgan fingerprint density at radius 1 is 1.14 bits per heavy atom. The molecule has 0 radical (unpaired) electrons. The summed E-state index contributed by atoms with van der Waals surface area (Å²) in [6, 6.07) is 6.33. The topological polar surface area (TPSA) is 63.0 Å². The van der Waals surface area contributed by atoms with Gasteiger partial charge in [-0.05, 0) is 56.6 Å². The van der Waals surface area contributed by atoms with Crippen LogP contribution >= 0.6 is 0 Å². The van der Waals surface area contributed by atoms with E-state index >= 15 is 0 Å². The predicted molar refractivity (Wildman–Crippen MR) is 112 cm³/mol. The van der Waals surface area contributed by atoms with Gasteiger partial charge in [0.15, 0.2) is 0 Å². The minimum absolute atomic E-state index is 0.0874. The number of carbonyl (C=O) groups is 1. The summed E-state index contributed by atoms with van der Waals surface area (Å²) >= 11 is 0. The van der Waals surface area contributed by atoms with Crippen LogP contribution in [-0.2, 0) is 11.2 Å². The van der Waals surface area contributed by atoms with Crippen LogP contribution < -0.4 is 0 Å². The maximum absolute atomic E-state index is 12.4. The Balaban J connectivity index is 1.77. The summed E-state index contributed by atoms with van der Waals surface area (Å²) in [6.07, 6.45) is 15.3. The minimum Gasteiger partial charge on any atom is -0.458 e. The molecule has 1 saturated carbocycles.